The van der Waals surface area contributed by atoms with Gasteiger partial charge in [-0.2, -0.15) is 0 Å². The predicted octanol–water partition coefficient (Wildman–Crippen LogP) is 5.49. The minimum atomic E-state index is -1.15. The molecule has 2 aromatic carbocycles. The number of aliphatic carboxylic acids is 1. The zero-order valence-electron chi connectivity index (χ0n) is 14.9. The quantitative estimate of drug-likeness (QED) is 0.387. The number of nitrogens with zero attached hydrogens (tertiary/aromatic N) is 1. The van der Waals surface area contributed by atoms with Crippen LogP contribution in [0.2, 0.25) is 0 Å². The first-order chi connectivity index (χ1) is 12.9. The van der Waals surface area contributed by atoms with Crippen molar-refractivity contribution in [2.75, 3.05) is 6.61 Å². The zero-order chi connectivity index (χ0) is 19.8. The Bertz CT molecular complexity index is 874. The molecule has 0 spiro atoms. The molecule has 1 N–H and O–H groups in total. The third kappa shape index (κ3) is 6.22. The molecule has 0 atom stereocenters. The maximum atomic E-state index is 11.5. The molecule has 5 nitrogen and oxygen atoms in total. The molecule has 0 saturated carbocycles. The molecule has 0 aromatic heterocycles. The van der Waals surface area contributed by atoms with Gasteiger partial charge in [0.05, 0.1) is 3.39 Å². The maximum absolute atomic E-state index is 11.5. The van der Waals surface area contributed by atoms with Crippen LogP contribution in [0.1, 0.15) is 29.2 Å². The summed E-state index contributed by atoms with van der Waals surface area (Å²) in [5.74, 6) is -0.421. The van der Waals surface area contributed by atoms with Crippen molar-refractivity contribution in [2.45, 2.75) is 20.5 Å². The molecule has 0 saturated heterocycles. The molecule has 0 aliphatic carbocycles. The summed E-state index contributed by atoms with van der Waals surface area (Å²) in [6.07, 6.45) is 1.94. The van der Waals surface area contributed by atoms with E-state index in [2.05, 4.69) is 37.0 Å². The van der Waals surface area contributed by atoms with Crippen LogP contribution in [0.5, 0.6) is 5.75 Å². The number of carboxylic acids is 1. The van der Waals surface area contributed by atoms with E-state index in [0.717, 1.165) is 20.3 Å². The van der Waals surface area contributed by atoms with Gasteiger partial charge in [0, 0.05) is 5.56 Å². The Hall–Kier alpha value is -2.12. The number of hydrogen-bond donors (Lipinski definition) is 1. The molecule has 0 amide bonds. The van der Waals surface area contributed by atoms with Gasteiger partial charge in [0.15, 0.2) is 5.71 Å². The fraction of sp³-hybridized carbons (Fsp3) is 0.200. The highest BCUT2D eigenvalue weighted by Gasteiger charge is 2.17. The summed E-state index contributed by atoms with van der Waals surface area (Å²) in [5.41, 5.74) is 3.05. The molecule has 0 aliphatic rings. The molecular weight excluding hydrogens is 478 g/mol. The molecule has 2 rings (SSSR count). The van der Waals surface area contributed by atoms with Gasteiger partial charge in [-0.15, -0.1) is 0 Å². The van der Waals surface area contributed by atoms with Gasteiger partial charge >= 0.3 is 5.97 Å². The number of carbonyl (C=O) groups is 1. The first-order valence-corrected chi connectivity index (χ1v) is 9.78. The van der Waals surface area contributed by atoms with Crippen LogP contribution >= 0.6 is 31.9 Å². The van der Waals surface area contributed by atoms with Crippen LogP contribution in [0.4, 0.5) is 0 Å². The van der Waals surface area contributed by atoms with Gasteiger partial charge in [0.1, 0.15) is 19.0 Å². The topological polar surface area (TPSA) is 68.1 Å². The lowest BCUT2D eigenvalue weighted by Crippen LogP contribution is -2.18. The van der Waals surface area contributed by atoms with Crippen molar-refractivity contribution < 1.29 is 19.5 Å². The second-order valence-electron chi connectivity index (χ2n) is 5.57. The molecule has 0 fully saturated rings. The van der Waals surface area contributed by atoms with Crippen molar-refractivity contribution in [1.29, 1.82) is 0 Å². The van der Waals surface area contributed by atoms with Gasteiger partial charge in [-0.05, 0) is 80.6 Å². The summed E-state index contributed by atoms with van der Waals surface area (Å²) < 4.78 is 6.78. The third-order valence-corrected chi connectivity index (χ3v) is 4.08. The lowest BCUT2D eigenvalue weighted by Gasteiger charge is -2.13. The van der Waals surface area contributed by atoms with Crippen LogP contribution in [-0.4, -0.2) is 23.4 Å². The fourth-order valence-electron chi connectivity index (χ4n) is 2.42. The summed E-state index contributed by atoms with van der Waals surface area (Å²) in [6.45, 7) is 4.21. The van der Waals surface area contributed by atoms with Crippen LogP contribution in [0.15, 0.2) is 51.0 Å². The average Bonchev–Trinajstić information content (AvgIpc) is 2.61. The number of benzene rings is 2. The Morgan fingerprint density at radius 1 is 1.22 bits per heavy atom. The van der Waals surface area contributed by atoms with Crippen molar-refractivity contribution in [3.8, 4) is 5.75 Å². The highest BCUT2D eigenvalue weighted by molar-refractivity contribution is 9.28. The highest BCUT2D eigenvalue weighted by atomic mass is 79.9. The number of ether oxygens (including phenoxy) is 1. The van der Waals surface area contributed by atoms with Gasteiger partial charge in [0.2, 0.25) is 0 Å². The van der Waals surface area contributed by atoms with E-state index in [-0.39, 0.29) is 12.3 Å². The summed E-state index contributed by atoms with van der Waals surface area (Å²) in [4.78, 5) is 16.5. The minimum Gasteiger partial charge on any atom is -0.489 e. The van der Waals surface area contributed by atoms with Crippen LogP contribution in [0, 0.1) is 6.92 Å². The molecule has 0 bridgehead atoms. The van der Waals surface area contributed by atoms with Gasteiger partial charge < -0.3 is 14.7 Å². The second kappa shape index (κ2) is 10.3. The van der Waals surface area contributed by atoms with E-state index < -0.39 is 5.97 Å². The molecule has 142 valence electrons. The van der Waals surface area contributed by atoms with Crippen LogP contribution in [0.3, 0.4) is 0 Å². The molecule has 27 heavy (non-hydrogen) atoms. The van der Waals surface area contributed by atoms with Gasteiger partial charge in [-0.1, -0.05) is 35.5 Å². The van der Waals surface area contributed by atoms with E-state index in [9.17, 15) is 9.90 Å². The number of halogens is 2. The first kappa shape index (κ1) is 21.2. The zero-order valence-corrected chi connectivity index (χ0v) is 18.1. The lowest BCUT2D eigenvalue weighted by molar-refractivity contribution is -0.129. The highest BCUT2D eigenvalue weighted by Crippen LogP contribution is 2.25. The Labute approximate surface area is 174 Å². The number of oxime groups is 1. The molecule has 0 radical (unpaired) electrons. The van der Waals surface area contributed by atoms with Gasteiger partial charge in [0.25, 0.3) is 0 Å². The lowest BCUT2D eigenvalue weighted by atomic mass is 10.0. The summed E-state index contributed by atoms with van der Waals surface area (Å²) in [6, 6.07) is 12.9. The van der Waals surface area contributed by atoms with Crippen LogP contribution < -0.4 is 4.74 Å². The summed E-state index contributed by atoms with van der Waals surface area (Å²) in [7, 11) is 0. The SMILES string of the molecule is CCON=C(C(=O)O)c1ccccc1COc1ccc(C=C(Br)Br)cc1C. The second-order valence-corrected chi connectivity index (χ2v) is 8.34. The molecule has 2 aromatic rings. The largest absolute Gasteiger partial charge is 0.489 e. The van der Waals surface area contributed by atoms with Crippen LogP contribution in [0.25, 0.3) is 6.08 Å². The Kier molecular flexibility index (Phi) is 8.06. The smallest absolute Gasteiger partial charge is 0.358 e. The molecule has 0 aliphatic heterocycles. The summed E-state index contributed by atoms with van der Waals surface area (Å²) >= 11 is 6.69. The van der Waals surface area contributed by atoms with Crippen molar-refractivity contribution in [3.63, 3.8) is 0 Å². The van der Waals surface area contributed by atoms with E-state index in [1.807, 2.05) is 43.3 Å². The molecule has 0 unspecified atom stereocenters. The molecule has 0 heterocycles. The number of aryl methyl sites for hydroxylation is 1. The van der Waals surface area contributed by atoms with Crippen molar-refractivity contribution in [1.82, 2.24) is 0 Å². The number of rotatable bonds is 8. The fourth-order valence-corrected chi connectivity index (χ4v) is 2.94. The Balaban J connectivity index is 2.24. The predicted molar refractivity (Wildman–Crippen MR) is 114 cm³/mol. The first-order valence-electron chi connectivity index (χ1n) is 8.20. The van der Waals surface area contributed by atoms with E-state index >= 15 is 0 Å². The maximum Gasteiger partial charge on any atom is 0.358 e. The van der Waals surface area contributed by atoms with Crippen molar-refractivity contribution in [2.24, 2.45) is 5.16 Å². The number of carboxylic acid groups (broad SMARTS) is 1. The van der Waals surface area contributed by atoms with E-state index in [1.165, 1.54) is 0 Å². The number of hydrogen-bond acceptors (Lipinski definition) is 4. The van der Waals surface area contributed by atoms with Crippen LogP contribution in [-0.2, 0) is 16.2 Å². The molecular formula is C20H19Br2NO4. The average molecular weight is 497 g/mol. The third-order valence-electron chi connectivity index (χ3n) is 3.62. The Morgan fingerprint density at radius 3 is 2.59 bits per heavy atom. The minimum absolute atomic E-state index is 0.143. The van der Waals surface area contributed by atoms with Gasteiger partial charge in [-0.3, -0.25) is 0 Å². The summed E-state index contributed by atoms with van der Waals surface area (Å²) in [5, 5.41) is 13.2. The van der Waals surface area contributed by atoms with E-state index in [0.29, 0.717) is 17.7 Å². The van der Waals surface area contributed by atoms with Gasteiger partial charge in [-0.25, -0.2) is 4.79 Å². The Morgan fingerprint density at radius 2 is 1.96 bits per heavy atom. The van der Waals surface area contributed by atoms with E-state index in [1.54, 1.807) is 19.1 Å². The monoisotopic (exact) mass is 495 g/mol. The standard InChI is InChI=1S/C20H19Br2NO4/c1-3-27-23-19(20(24)25)16-7-5-4-6-15(16)12-26-17-9-8-14(10-13(17)2)11-18(21)22/h4-11H,3,12H2,1-2H3,(H,24,25). The normalized spacial score (nSPS) is 11.0. The molecule has 7 heteroatoms. The van der Waals surface area contributed by atoms with Crippen molar-refractivity contribution >= 4 is 49.6 Å². The van der Waals surface area contributed by atoms with E-state index in [4.69, 9.17) is 9.57 Å². The van der Waals surface area contributed by atoms with Crippen molar-refractivity contribution in [3.05, 3.63) is 68.1 Å².